The van der Waals surface area contributed by atoms with E-state index in [1.807, 2.05) is 0 Å². The Morgan fingerprint density at radius 1 is 1.09 bits per heavy atom. The summed E-state index contributed by atoms with van der Waals surface area (Å²) in [5.41, 5.74) is 2.32. The van der Waals surface area contributed by atoms with Gasteiger partial charge in [0.2, 0.25) is 11.8 Å². The van der Waals surface area contributed by atoms with E-state index in [-0.39, 0.29) is 46.2 Å². The van der Waals surface area contributed by atoms with Crippen LogP contribution in [-0.2, 0) is 56.4 Å². The van der Waals surface area contributed by atoms with Gasteiger partial charge >= 0.3 is 23.5 Å². The van der Waals surface area contributed by atoms with Crippen molar-refractivity contribution in [3.63, 3.8) is 0 Å². The Hall–Kier alpha value is -1.74. The molecule has 2 aliphatic rings. The number of carbonyl (C=O) groups is 3. The predicted octanol–water partition coefficient (Wildman–Crippen LogP) is 0.0350. The number of nitrogens with one attached hydrogen (secondary N) is 2. The number of rotatable bonds is 21. The number of phosphoric ester groups is 3. The number of fused-ring (bicyclic) bond motifs is 1. The van der Waals surface area contributed by atoms with E-state index in [0.29, 0.717) is 12.2 Å². The maximum atomic E-state index is 12.8. The van der Waals surface area contributed by atoms with Crippen LogP contribution in [0.5, 0.6) is 0 Å². The van der Waals surface area contributed by atoms with Gasteiger partial charge in [0, 0.05) is 48.6 Å². The summed E-state index contributed by atoms with van der Waals surface area (Å²) < 4.78 is 63.0. The lowest BCUT2D eigenvalue weighted by atomic mass is 9.87. The Labute approximate surface area is 337 Å². The molecule has 57 heavy (non-hydrogen) atoms. The summed E-state index contributed by atoms with van der Waals surface area (Å²) in [7, 11) is -16.4. The summed E-state index contributed by atoms with van der Waals surface area (Å²) >= 11 is 4.63. The van der Waals surface area contributed by atoms with E-state index < -0.39 is 84.1 Å². The van der Waals surface area contributed by atoms with Crippen molar-refractivity contribution >= 4 is 92.7 Å². The minimum Gasteiger partial charge on any atom is -0.385 e. The van der Waals surface area contributed by atoms with Gasteiger partial charge in [0.15, 0.2) is 22.3 Å². The van der Waals surface area contributed by atoms with Crippen LogP contribution in [0.15, 0.2) is 12.7 Å². The van der Waals surface area contributed by atoms with Crippen molar-refractivity contribution in [2.45, 2.75) is 68.3 Å². The highest BCUT2D eigenvalue weighted by atomic mass is 32.2. The number of hydrogen-bond acceptors (Lipinski definition) is 20. The SMILES string of the molecule is CC(C)(COP(=O)(O)OP(=O)(O)OCC1OC(C)(n2cnc3c(N)ncnc32)C(O)C1OP(=O)(O)O)C(O)C(=O)NCCC(=O)NCCSC(=O)CC1SCCS1. The number of aromatic nitrogens is 4. The number of hydrogen-bond donors (Lipinski definition) is 9. The number of anilines is 1. The molecule has 2 aromatic rings. The van der Waals surface area contributed by atoms with Crippen LogP contribution in [0.2, 0.25) is 0 Å². The van der Waals surface area contributed by atoms with Crippen LogP contribution in [0.25, 0.3) is 11.2 Å². The second kappa shape index (κ2) is 19.8. The molecule has 30 heteroatoms. The zero-order valence-electron chi connectivity index (χ0n) is 30.5. The summed E-state index contributed by atoms with van der Waals surface area (Å²) in [4.78, 5) is 88.1. The number of thioether (sulfide) groups is 3. The van der Waals surface area contributed by atoms with E-state index in [4.69, 9.17) is 24.0 Å². The number of aliphatic hydroxyl groups is 2. The van der Waals surface area contributed by atoms with Crippen molar-refractivity contribution in [2.24, 2.45) is 5.41 Å². The van der Waals surface area contributed by atoms with Gasteiger partial charge in [-0.15, -0.1) is 23.5 Å². The molecule has 2 aliphatic heterocycles. The minimum atomic E-state index is -5.59. The lowest BCUT2D eigenvalue weighted by Gasteiger charge is -2.30. The van der Waals surface area contributed by atoms with Crippen LogP contribution in [0.1, 0.15) is 33.6 Å². The zero-order valence-corrected chi connectivity index (χ0v) is 35.6. The van der Waals surface area contributed by atoms with E-state index in [9.17, 15) is 57.9 Å². The molecule has 0 saturated carbocycles. The fraction of sp³-hybridized carbons (Fsp3) is 0.704. The molecule has 0 spiro atoms. The molecule has 4 heterocycles. The van der Waals surface area contributed by atoms with Gasteiger partial charge < -0.3 is 50.9 Å². The number of amides is 2. The molecule has 7 atom stereocenters. The molecule has 0 aromatic carbocycles. The topological polar surface area (TPSA) is 364 Å². The molecule has 7 unspecified atom stereocenters. The van der Waals surface area contributed by atoms with Gasteiger partial charge in [-0.05, 0) is 6.92 Å². The highest BCUT2D eigenvalue weighted by Gasteiger charge is 2.57. The molecular formula is C27H44N7O17P3S3. The summed E-state index contributed by atoms with van der Waals surface area (Å²) in [6, 6.07) is 0. The van der Waals surface area contributed by atoms with Gasteiger partial charge in [0.05, 0.1) is 24.1 Å². The molecule has 2 aromatic heterocycles. The van der Waals surface area contributed by atoms with Crippen LogP contribution in [-0.4, -0.2) is 139 Å². The second-order valence-electron chi connectivity index (χ2n) is 13.2. The van der Waals surface area contributed by atoms with Gasteiger partial charge in [-0.3, -0.25) is 32.5 Å². The Balaban J connectivity index is 1.24. The predicted molar refractivity (Wildman–Crippen MR) is 205 cm³/mol. The average molecular weight is 928 g/mol. The Bertz CT molecular complexity index is 1900. The van der Waals surface area contributed by atoms with Crippen LogP contribution >= 0.6 is 58.8 Å². The first kappa shape index (κ1) is 47.9. The average Bonchev–Trinajstić information content (AvgIpc) is 3.84. The molecule has 322 valence electrons. The Kier molecular flexibility index (Phi) is 16.6. The number of carbonyl (C=O) groups excluding carboxylic acids is 3. The maximum absolute atomic E-state index is 12.8. The van der Waals surface area contributed by atoms with E-state index in [0.717, 1.165) is 40.5 Å². The van der Waals surface area contributed by atoms with Crippen LogP contribution in [0.3, 0.4) is 0 Å². The molecule has 0 aliphatic carbocycles. The fourth-order valence-electron chi connectivity index (χ4n) is 5.33. The zero-order chi connectivity index (χ0) is 42.4. The van der Waals surface area contributed by atoms with Gasteiger partial charge in [-0.1, -0.05) is 25.6 Å². The monoisotopic (exact) mass is 927 g/mol. The van der Waals surface area contributed by atoms with E-state index >= 15 is 0 Å². The summed E-state index contributed by atoms with van der Waals surface area (Å²) in [5.74, 6) is 0.992. The molecule has 10 N–H and O–H groups in total. The van der Waals surface area contributed by atoms with Crippen LogP contribution in [0.4, 0.5) is 5.82 Å². The second-order valence-corrected chi connectivity index (χ2v) is 21.5. The normalized spacial score (nSPS) is 24.5. The molecule has 2 amide bonds. The summed E-state index contributed by atoms with van der Waals surface area (Å²) in [5, 5.41) is 26.7. The number of phosphoric acid groups is 3. The number of nitrogen functional groups attached to an aromatic ring is 1. The lowest BCUT2D eigenvalue weighted by Crippen LogP contribution is -2.46. The van der Waals surface area contributed by atoms with Gasteiger partial charge in [-0.2, -0.15) is 4.31 Å². The Morgan fingerprint density at radius 2 is 1.75 bits per heavy atom. The minimum absolute atomic E-state index is 0.0207. The molecular weight excluding hydrogens is 883 g/mol. The fourth-order valence-corrected chi connectivity index (χ4v) is 11.9. The third-order valence-electron chi connectivity index (χ3n) is 8.27. The van der Waals surface area contributed by atoms with Crippen LogP contribution in [0, 0.1) is 5.41 Å². The molecule has 4 rings (SSSR count). The number of nitrogens with zero attached hydrogens (tertiary/aromatic N) is 4. The highest BCUT2D eigenvalue weighted by Crippen LogP contribution is 2.61. The van der Waals surface area contributed by atoms with Crippen molar-refractivity contribution in [1.29, 1.82) is 0 Å². The number of imidazole rings is 1. The lowest BCUT2D eigenvalue weighted by molar-refractivity contribution is -0.137. The summed E-state index contributed by atoms with van der Waals surface area (Å²) in [6.07, 6.45) is -5.01. The van der Waals surface area contributed by atoms with Crippen molar-refractivity contribution in [3.8, 4) is 0 Å². The van der Waals surface area contributed by atoms with Gasteiger partial charge in [-0.25, -0.2) is 28.6 Å². The first-order valence-electron chi connectivity index (χ1n) is 16.7. The third-order valence-corrected chi connectivity index (χ3v) is 15.3. The van der Waals surface area contributed by atoms with Crippen molar-refractivity contribution < 1.29 is 80.5 Å². The molecule has 0 bridgehead atoms. The first-order valence-corrected chi connectivity index (χ1v) is 24.3. The van der Waals surface area contributed by atoms with Crippen molar-refractivity contribution in [3.05, 3.63) is 12.7 Å². The maximum Gasteiger partial charge on any atom is 0.481 e. The van der Waals surface area contributed by atoms with Gasteiger partial charge in [0.25, 0.3) is 0 Å². The van der Waals surface area contributed by atoms with Crippen LogP contribution < -0.4 is 16.4 Å². The number of ether oxygens (including phenoxy) is 1. The Morgan fingerprint density at radius 3 is 2.42 bits per heavy atom. The third kappa shape index (κ3) is 13.6. The summed E-state index contributed by atoms with van der Waals surface area (Å²) in [6.45, 7) is 1.78. The molecule has 2 fully saturated rings. The molecule has 0 radical (unpaired) electrons. The quantitative estimate of drug-likeness (QED) is 0.0589. The molecule has 24 nitrogen and oxygen atoms in total. The first-order chi connectivity index (χ1) is 26.4. The van der Waals surface area contributed by atoms with E-state index in [2.05, 4.69) is 29.9 Å². The van der Waals surface area contributed by atoms with Crippen molar-refractivity contribution in [2.75, 3.05) is 49.3 Å². The standard InChI is InChI=1S/C27H44N7O17P3S3/c1-26(2,22(38)25(39)30-5-4-16(35)29-6-7-55-17(36)10-18-56-8-9-57-18)12-48-54(45,46)51-53(43,44)47-11-15-20(50-52(40,41)42)21(37)27(3,49-15)34-14-33-19-23(28)31-13-32-24(19)34/h13-15,18,20-22,37-38H,4-12H2,1-3H3,(H,29,35)(H,30,39)(H,43,44)(H,45,46)(H2,28,31,32)(H2,40,41,42). The highest BCUT2D eigenvalue weighted by molar-refractivity contribution is 8.20. The largest absolute Gasteiger partial charge is 0.481 e. The van der Waals surface area contributed by atoms with E-state index in [1.165, 1.54) is 20.8 Å². The smallest absolute Gasteiger partial charge is 0.385 e. The number of nitrogens with two attached hydrogens (primary N) is 1. The molecule has 2 saturated heterocycles. The van der Waals surface area contributed by atoms with E-state index in [1.54, 1.807) is 23.5 Å². The van der Waals surface area contributed by atoms with Gasteiger partial charge in [0.1, 0.15) is 36.3 Å². The van der Waals surface area contributed by atoms with Crippen molar-refractivity contribution in [1.82, 2.24) is 30.2 Å². The number of aliphatic hydroxyl groups excluding tert-OH is 2.